The fourth-order valence-electron chi connectivity index (χ4n) is 2.66. The fourth-order valence-corrected chi connectivity index (χ4v) is 2.92. The molecule has 112 valence electrons. The van der Waals surface area contributed by atoms with Crippen LogP contribution in [0.3, 0.4) is 0 Å². The first-order chi connectivity index (χ1) is 10.0. The Hall–Kier alpha value is -1.40. The number of morpholine rings is 1. The zero-order valence-electron chi connectivity index (χ0n) is 11.4. The second-order valence-corrected chi connectivity index (χ2v) is 6.47. The number of rotatable bonds is 3. The molecule has 1 saturated carbocycles. The molecule has 21 heavy (non-hydrogen) atoms. The molecule has 2 fully saturated rings. The molecular formula is C15H16BrNO4. The highest BCUT2D eigenvalue weighted by atomic mass is 79.9. The number of hydrogen-bond acceptors (Lipinski definition) is 3. The molecule has 1 aliphatic carbocycles. The van der Waals surface area contributed by atoms with Crippen LogP contribution >= 0.6 is 15.9 Å². The molecule has 1 aromatic carbocycles. The van der Waals surface area contributed by atoms with E-state index in [2.05, 4.69) is 15.9 Å². The van der Waals surface area contributed by atoms with E-state index in [1.165, 1.54) is 0 Å². The van der Waals surface area contributed by atoms with Gasteiger partial charge in [0.15, 0.2) is 0 Å². The smallest absolute Gasteiger partial charge is 0.319 e. The standard InChI is InChI=1S/C15H16BrNO4/c16-11-3-1-10(2-4-11)12-9-17(7-8-21-12)13(18)15(5-6-15)14(19)20/h1-4,12H,5-9H2,(H,19,20)/t12-/m1/s1. The summed E-state index contributed by atoms with van der Waals surface area (Å²) in [6, 6.07) is 7.76. The average molecular weight is 354 g/mol. The van der Waals surface area contributed by atoms with Gasteiger partial charge in [-0.15, -0.1) is 0 Å². The maximum absolute atomic E-state index is 12.4. The highest BCUT2D eigenvalue weighted by Gasteiger charge is 2.58. The number of nitrogens with zero attached hydrogens (tertiary/aromatic N) is 1. The third-order valence-corrected chi connectivity index (χ3v) is 4.69. The number of carbonyl (C=O) groups excluding carboxylic acids is 1. The van der Waals surface area contributed by atoms with Crippen LogP contribution in [0.2, 0.25) is 0 Å². The Kier molecular flexibility index (Phi) is 3.75. The lowest BCUT2D eigenvalue weighted by atomic mass is 10.0. The molecule has 2 aliphatic rings. The SMILES string of the molecule is O=C(O)C1(C(=O)N2CCO[C@@H](c3ccc(Br)cc3)C2)CC1. The molecule has 1 N–H and O–H groups in total. The van der Waals surface area contributed by atoms with Crippen molar-refractivity contribution in [3.05, 3.63) is 34.3 Å². The number of hydrogen-bond donors (Lipinski definition) is 1. The van der Waals surface area contributed by atoms with Crippen molar-refractivity contribution in [2.75, 3.05) is 19.7 Å². The van der Waals surface area contributed by atoms with Gasteiger partial charge in [0, 0.05) is 11.0 Å². The molecule has 1 atom stereocenters. The number of benzene rings is 1. The van der Waals surface area contributed by atoms with Crippen molar-refractivity contribution in [3.63, 3.8) is 0 Å². The fraction of sp³-hybridized carbons (Fsp3) is 0.467. The van der Waals surface area contributed by atoms with Crippen LogP contribution in [0.4, 0.5) is 0 Å². The minimum Gasteiger partial charge on any atom is -0.480 e. The molecule has 0 radical (unpaired) electrons. The van der Waals surface area contributed by atoms with Gasteiger partial charge >= 0.3 is 5.97 Å². The van der Waals surface area contributed by atoms with Gasteiger partial charge in [0.2, 0.25) is 5.91 Å². The van der Waals surface area contributed by atoms with Crippen molar-refractivity contribution >= 4 is 27.8 Å². The van der Waals surface area contributed by atoms with Crippen LogP contribution in [0.25, 0.3) is 0 Å². The van der Waals surface area contributed by atoms with Gasteiger partial charge in [-0.05, 0) is 30.5 Å². The van der Waals surface area contributed by atoms with Gasteiger partial charge in [-0.3, -0.25) is 9.59 Å². The maximum Gasteiger partial charge on any atom is 0.319 e. The summed E-state index contributed by atoms with van der Waals surface area (Å²) in [4.78, 5) is 25.3. The van der Waals surface area contributed by atoms with E-state index in [9.17, 15) is 14.7 Å². The molecule has 1 saturated heterocycles. The number of carboxylic acids is 1. The Morgan fingerprint density at radius 1 is 1.29 bits per heavy atom. The Morgan fingerprint density at radius 2 is 1.95 bits per heavy atom. The number of aliphatic carboxylic acids is 1. The van der Waals surface area contributed by atoms with Gasteiger partial charge in [-0.2, -0.15) is 0 Å². The molecule has 0 bridgehead atoms. The Balaban J connectivity index is 1.73. The largest absolute Gasteiger partial charge is 0.480 e. The molecule has 6 heteroatoms. The second kappa shape index (κ2) is 5.42. The summed E-state index contributed by atoms with van der Waals surface area (Å²) in [6.07, 6.45) is 0.698. The lowest BCUT2D eigenvalue weighted by Gasteiger charge is -2.34. The first-order valence-electron chi connectivity index (χ1n) is 6.93. The molecule has 0 spiro atoms. The van der Waals surface area contributed by atoms with Crippen LogP contribution in [0.15, 0.2) is 28.7 Å². The summed E-state index contributed by atoms with van der Waals surface area (Å²) in [6.45, 7) is 1.30. The second-order valence-electron chi connectivity index (χ2n) is 5.55. The van der Waals surface area contributed by atoms with Crippen LogP contribution in [0, 0.1) is 5.41 Å². The minimum absolute atomic E-state index is 0.194. The topological polar surface area (TPSA) is 66.8 Å². The minimum atomic E-state index is -1.17. The van der Waals surface area contributed by atoms with Gasteiger partial charge in [-0.1, -0.05) is 28.1 Å². The summed E-state index contributed by atoms with van der Waals surface area (Å²) < 4.78 is 6.71. The van der Waals surface area contributed by atoms with E-state index in [-0.39, 0.29) is 12.0 Å². The highest BCUT2D eigenvalue weighted by molar-refractivity contribution is 9.10. The number of ether oxygens (including phenoxy) is 1. The van der Waals surface area contributed by atoms with Gasteiger partial charge in [0.1, 0.15) is 11.5 Å². The zero-order chi connectivity index (χ0) is 15.0. The Bertz CT molecular complexity index is 568. The normalized spacial score (nSPS) is 23.7. The van der Waals surface area contributed by atoms with Gasteiger partial charge in [0.25, 0.3) is 0 Å². The number of carboxylic acid groups (broad SMARTS) is 1. The average Bonchev–Trinajstić information content (AvgIpc) is 3.29. The van der Waals surface area contributed by atoms with E-state index in [0.29, 0.717) is 32.5 Å². The third kappa shape index (κ3) is 2.70. The molecule has 0 aromatic heterocycles. The van der Waals surface area contributed by atoms with Crippen LogP contribution in [0.1, 0.15) is 24.5 Å². The lowest BCUT2D eigenvalue weighted by molar-refractivity contribution is -0.157. The van der Waals surface area contributed by atoms with Crippen molar-refractivity contribution in [1.29, 1.82) is 0 Å². The molecular weight excluding hydrogens is 338 g/mol. The van der Waals surface area contributed by atoms with Crippen molar-refractivity contribution in [2.45, 2.75) is 18.9 Å². The van der Waals surface area contributed by atoms with Crippen molar-refractivity contribution in [3.8, 4) is 0 Å². The molecule has 1 aromatic rings. The Morgan fingerprint density at radius 3 is 2.52 bits per heavy atom. The first kappa shape index (κ1) is 14.5. The first-order valence-corrected chi connectivity index (χ1v) is 7.72. The predicted octanol–water partition coefficient (Wildman–Crippen LogP) is 2.21. The molecule has 1 amide bonds. The van der Waals surface area contributed by atoms with Gasteiger partial charge < -0.3 is 14.7 Å². The summed E-state index contributed by atoms with van der Waals surface area (Å²) in [5.41, 5.74) is -0.169. The van der Waals surface area contributed by atoms with Crippen molar-refractivity contribution < 1.29 is 19.4 Å². The van der Waals surface area contributed by atoms with Crippen LogP contribution in [-0.2, 0) is 14.3 Å². The molecule has 3 rings (SSSR count). The summed E-state index contributed by atoms with van der Waals surface area (Å²) >= 11 is 3.38. The van der Waals surface area contributed by atoms with E-state index in [4.69, 9.17) is 4.74 Å². The monoisotopic (exact) mass is 353 g/mol. The van der Waals surface area contributed by atoms with Gasteiger partial charge in [-0.25, -0.2) is 0 Å². The van der Waals surface area contributed by atoms with Crippen LogP contribution in [-0.4, -0.2) is 41.6 Å². The number of amides is 1. The third-order valence-electron chi connectivity index (χ3n) is 4.16. The summed E-state index contributed by atoms with van der Waals surface area (Å²) in [7, 11) is 0. The van der Waals surface area contributed by atoms with E-state index in [1.54, 1.807) is 4.90 Å². The zero-order valence-corrected chi connectivity index (χ0v) is 13.0. The van der Waals surface area contributed by atoms with Crippen LogP contribution in [0.5, 0.6) is 0 Å². The lowest BCUT2D eigenvalue weighted by Crippen LogP contribution is -2.47. The van der Waals surface area contributed by atoms with Crippen molar-refractivity contribution in [1.82, 2.24) is 4.90 Å². The van der Waals surface area contributed by atoms with E-state index in [1.807, 2.05) is 24.3 Å². The quantitative estimate of drug-likeness (QED) is 0.846. The summed E-state index contributed by atoms with van der Waals surface area (Å²) in [5.74, 6) is -1.26. The molecule has 1 heterocycles. The molecule has 5 nitrogen and oxygen atoms in total. The highest BCUT2D eigenvalue weighted by Crippen LogP contribution is 2.48. The van der Waals surface area contributed by atoms with E-state index >= 15 is 0 Å². The number of halogens is 1. The van der Waals surface area contributed by atoms with Gasteiger partial charge in [0.05, 0.1) is 13.2 Å². The number of carbonyl (C=O) groups is 2. The summed E-state index contributed by atoms with van der Waals surface area (Å²) in [5, 5.41) is 9.23. The van der Waals surface area contributed by atoms with Crippen LogP contribution < -0.4 is 0 Å². The predicted molar refractivity (Wildman–Crippen MR) is 78.7 cm³/mol. The maximum atomic E-state index is 12.4. The molecule has 1 aliphatic heterocycles. The van der Waals surface area contributed by atoms with E-state index < -0.39 is 11.4 Å². The van der Waals surface area contributed by atoms with Crippen molar-refractivity contribution in [2.24, 2.45) is 5.41 Å². The van der Waals surface area contributed by atoms with E-state index in [0.717, 1.165) is 10.0 Å². The molecule has 0 unspecified atom stereocenters. The Labute approximate surface area is 131 Å².